The number of unbranched alkanes of at least 4 members (excludes halogenated alkanes) is 1. The Hall–Kier alpha value is -0.0800. The molecule has 0 heterocycles. The van der Waals surface area contributed by atoms with Gasteiger partial charge in [-0.05, 0) is 33.0 Å². The van der Waals surface area contributed by atoms with Crippen molar-refractivity contribution >= 4 is 0 Å². The summed E-state index contributed by atoms with van der Waals surface area (Å²) in [5, 5.41) is 3.40. The van der Waals surface area contributed by atoms with Gasteiger partial charge in [0.15, 0.2) is 0 Å². The largest absolute Gasteiger partial charge is 0.316 e. The van der Waals surface area contributed by atoms with Gasteiger partial charge < -0.3 is 10.2 Å². The molecule has 0 radical (unpaired) electrons. The molecule has 0 aliphatic heterocycles. The van der Waals surface area contributed by atoms with E-state index < -0.39 is 0 Å². The lowest BCUT2D eigenvalue weighted by molar-refractivity contribution is 0.247. The molecule has 0 rings (SSSR count). The van der Waals surface area contributed by atoms with E-state index in [0.29, 0.717) is 6.04 Å². The maximum atomic E-state index is 3.40. The van der Waals surface area contributed by atoms with Gasteiger partial charge in [0.05, 0.1) is 0 Å². The lowest BCUT2D eigenvalue weighted by Gasteiger charge is -2.25. The molecule has 0 spiro atoms. The highest BCUT2D eigenvalue weighted by Crippen LogP contribution is 2.01. The van der Waals surface area contributed by atoms with Gasteiger partial charge in [0, 0.05) is 12.6 Å². The summed E-state index contributed by atoms with van der Waals surface area (Å²) in [7, 11) is 2.08. The molecule has 0 fully saturated rings. The van der Waals surface area contributed by atoms with Crippen molar-refractivity contribution in [2.75, 3.05) is 26.7 Å². The summed E-state index contributed by atoms with van der Waals surface area (Å²) in [6, 6.07) is 0.678. The molecular formula is C12H28N2. The number of nitrogens with zero attached hydrogens (tertiary/aromatic N) is 1. The molecule has 0 aromatic heterocycles. The highest BCUT2D eigenvalue weighted by Gasteiger charge is 2.09. The first kappa shape index (κ1) is 13.9. The van der Waals surface area contributed by atoms with Crippen LogP contribution in [0.15, 0.2) is 0 Å². The standard InChI is InChI=1S/C12H28N2/c1-5-8-10-14(7-3)11-12(13-4)9-6-2/h12-13H,5-11H2,1-4H3. The predicted molar refractivity (Wildman–Crippen MR) is 64.8 cm³/mol. The summed E-state index contributed by atoms with van der Waals surface area (Å²) in [4.78, 5) is 2.56. The Balaban J connectivity index is 3.75. The minimum absolute atomic E-state index is 0.678. The molecule has 2 nitrogen and oxygen atoms in total. The van der Waals surface area contributed by atoms with Crippen LogP contribution in [0.4, 0.5) is 0 Å². The van der Waals surface area contributed by atoms with Crippen LogP contribution in [-0.4, -0.2) is 37.6 Å². The van der Waals surface area contributed by atoms with Crippen LogP contribution in [0, 0.1) is 0 Å². The lowest BCUT2D eigenvalue weighted by Crippen LogP contribution is -2.39. The van der Waals surface area contributed by atoms with Gasteiger partial charge in [0.2, 0.25) is 0 Å². The Bertz CT molecular complexity index is 115. The highest BCUT2D eigenvalue weighted by molar-refractivity contribution is 4.69. The fourth-order valence-electron chi connectivity index (χ4n) is 1.75. The number of hydrogen-bond acceptors (Lipinski definition) is 2. The van der Waals surface area contributed by atoms with Gasteiger partial charge >= 0.3 is 0 Å². The zero-order valence-electron chi connectivity index (χ0n) is 10.5. The predicted octanol–water partition coefficient (Wildman–Crippen LogP) is 2.50. The molecule has 0 amide bonds. The number of likely N-dealkylation sites (N-methyl/N-ethyl adjacent to an activating group) is 2. The number of nitrogens with one attached hydrogen (secondary N) is 1. The first-order valence-electron chi connectivity index (χ1n) is 6.18. The second kappa shape index (κ2) is 9.47. The zero-order valence-corrected chi connectivity index (χ0v) is 10.5. The highest BCUT2D eigenvalue weighted by atomic mass is 15.1. The molecule has 86 valence electrons. The molecule has 0 aromatic carbocycles. The Morgan fingerprint density at radius 3 is 2.29 bits per heavy atom. The van der Waals surface area contributed by atoms with E-state index in [4.69, 9.17) is 0 Å². The maximum absolute atomic E-state index is 3.40. The summed E-state index contributed by atoms with van der Waals surface area (Å²) in [6.07, 6.45) is 5.20. The quantitative estimate of drug-likeness (QED) is 0.615. The molecule has 0 bridgehead atoms. The normalized spacial score (nSPS) is 13.5. The van der Waals surface area contributed by atoms with Crippen LogP contribution in [-0.2, 0) is 0 Å². The third kappa shape index (κ3) is 6.39. The van der Waals surface area contributed by atoms with Gasteiger partial charge in [0.1, 0.15) is 0 Å². The average Bonchev–Trinajstić information content (AvgIpc) is 2.22. The van der Waals surface area contributed by atoms with Gasteiger partial charge in [-0.1, -0.05) is 33.6 Å². The fraction of sp³-hybridized carbons (Fsp3) is 1.00. The van der Waals surface area contributed by atoms with E-state index in [9.17, 15) is 0 Å². The van der Waals surface area contributed by atoms with Gasteiger partial charge in [-0.2, -0.15) is 0 Å². The molecular weight excluding hydrogens is 172 g/mol. The molecule has 1 atom stereocenters. The van der Waals surface area contributed by atoms with Gasteiger partial charge in [-0.15, -0.1) is 0 Å². The first-order valence-corrected chi connectivity index (χ1v) is 6.18. The summed E-state index contributed by atoms with van der Waals surface area (Å²) in [6.45, 7) is 10.4. The van der Waals surface area contributed by atoms with E-state index >= 15 is 0 Å². The molecule has 0 saturated carbocycles. The van der Waals surface area contributed by atoms with Gasteiger partial charge in [0.25, 0.3) is 0 Å². The minimum Gasteiger partial charge on any atom is -0.316 e. The second-order valence-corrected chi connectivity index (χ2v) is 4.02. The minimum atomic E-state index is 0.678. The van der Waals surface area contributed by atoms with Crippen LogP contribution in [0.1, 0.15) is 46.5 Å². The van der Waals surface area contributed by atoms with Crippen molar-refractivity contribution in [1.29, 1.82) is 0 Å². The Morgan fingerprint density at radius 2 is 1.86 bits per heavy atom. The summed E-state index contributed by atoms with van der Waals surface area (Å²) in [5.74, 6) is 0. The molecule has 1 N–H and O–H groups in total. The number of rotatable bonds is 9. The van der Waals surface area contributed by atoms with Crippen molar-refractivity contribution in [2.24, 2.45) is 0 Å². The van der Waals surface area contributed by atoms with E-state index in [0.717, 1.165) is 0 Å². The van der Waals surface area contributed by atoms with Crippen LogP contribution < -0.4 is 5.32 Å². The lowest BCUT2D eigenvalue weighted by atomic mass is 10.1. The van der Waals surface area contributed by atoms with E-state index in [1.807, 2.05) is 0 Å². The third-order valence-corrected chi connectivity index (χ3v) is 2.80. The molecule has 0 saturated heterocycles. The first-order chi connectivity index (χ1) is 6.78. The molecule has 0 aliphatic rings. The van der Waals surface area contributed by atoms with Crippen molar-refractivity contribution in [3.8, 4) is 0 Å². The van der Waals surface area contributed by atoms with Gasteiger partial charge in [-0.3, -0.25) is 0 Å². The van der Waals surface area contributed by atoms with Crippen molar-refractivity contribution < 1.29 is 0 Å². The Morgan fingerprint density at radius 1 is 1.14 bits per heavy atom. The van der Waals surface area contributed by atoms with Crippen molar-refractivity contribution in [2.45, 2.75) is 52.5 Å². The Labute approximate surface area is 90.1 Å². The van der Waals surface area contributed by atoms with Crippen LogP contribution in [0.5, 0.6) is 0 Å². The third-order valence-electron chi connectivity index (χ3n) is 2.80. The summed E-state index contributed by atoms with van der Waals surface area (Å²) >= 11 is 0. The SMILES string of the molecule is CCCCN(CC)CC(CCC)NC. The molecule has 1 unspecified atom stereocenters. The van der Waals surface area contributed by atoms with Crippen LogP contribution in [0.3, 0.4) is 0 Å². The fourth-order valence-corrected chi connectivity index (χ4v) is 1.75. The van der Waals surface area contributed by atoms with Crippen LogP contribution in [0.25, 0.3) is 0 Å². The molecule has 2 heteroatoms. The smallest absolute Gasteiger partial charge is 0.0191 e. The van der Waals surface area contributed by atoms with Crippen LogP contribution in [0.2, 0.25) is 0 Å². The van der Waals surface area contributed by atoms with Crippen LogP contribution >= 0.6 is 0 Å². The van der Waals surface area contributed by atoms with E-state index in [1.165, 1.54) is 45.3 Å². The van der Waals surface area contributed by atoms with E-state index in [2.05, 4.69) is 38.0 Å². The zero-order chi connectivity index (χ0) is 10.8. The topological polar surface area (TPSA) is 15.3 Å². The Kier molecular flexibility index (Phi) is 9.42. The molecule has 14 heavy (non-hydrogen) atoms. The van der Waals surface area contributed by atoms with Crippen molar-refractivity contribution in [3.63, 3.8) is 0 Å². The van der Waals surface area contributed by atoms with E-state index in [-0.39, 0.29) is 0 Å². The van der Waals surface area contributed by atoms with Crippen molar-refractivity contribution in [3.05, 3.63) is 0 Å². The summed E-state index contributed by atoms with van der Waals surface area (Å²) < 4.78 is 0. The maximum Gasteiger partial charge on any atom is 0.0191 e. The van der Waals surface area contributed by atoms with E-state index in [1.54, 1.807) is 0 Å². The number of hydrogen-bond donors (Lipinski definition) is 1. The summed E-state index contributed by atoms with van der Waals surface area (Å²) in [5.41, 5.74) is 0. The van der Waals surface area contributed by atoms with Gasteiger partial charge in [-0.25, -0.2) is 0 Å². The monoisotopic (exact) mass is 200 g/mol. The molecule has 0 aliphatic carbocycles. The average molecular weight is 200 g/mol. The second-order valence-electron chi connectivity index (χ2n) is 4.02. The molecule has 0 aromatic rings. The van der Waals surface area contributed by atoms with Crippen molar-refractivity contribution in [1.82, 2.24) is 10.2 Å².